The van der Waals surface area contributed by atoms with E-state index in [0.717, 1.165) is 38.9 Å². The summed E-state index contributed by atoms with van der Waals surface area (Å²) in [5, 5.41) is 8.87. The summed E-state index contributed by atoms with van der Waals surface area (Å²) in [5.41, 5.74) is 0. The highest BCUT2D eigenvalue weighted by molar-refractivity contribution is 5.75. The Labute approximate surface area is 126 Å². The molecular weight excluding hydrogens is 270 g/mol. The van der Waals surface area contributed by atoms with Crippen LogP contribution in [0.25, 0.3) is 0 Å². The van der Waals surface area contributed by atoms with Crippen LogP contribution in [0, 0.1) is 0 Å². The zero-order chi connectivity index (χ0) is 15.2. The van der Waals surface area contributed by atoms with E-state index < -0.39 is 5.97 Å². The molecule has 0 aliphatic carbocycles. The van der Waals surface area contributed by atoms with Gasteiger partial charge in [0.15, 0.2) is 0 Å². The Balaban J connectivity index is 1.91. The lowest BCUT2D eigenvalue weighted by molar-refractivity contribution is -0.138. The van der Waals surface area contributed by atoms with E-state index in [4.69, 9.17) is 5.11 Å². The predicted molar refractivity (Wildman–Crippen MR) is 80.3 cm³/mol. The van der Waals surface area contributed by atoms with Crippen molar-refractivity contribution in [1.82, 2.24) is 14.7 Å². The summed E-state index contributed by atoms with van der Waals surface area (Å²) in [6.45, 7) is 5.84. The number of carboxylic acids is 1. The van der Waals surface area contributed by atoms with Gasteiger partial charge >= 0.3 is 12.0 Å². The van der Waals surface area contributed by atoms with Crippen molar-refractivity contribution in [3.05, 3.63) is 0 Å². The maximum Gasteiger partial charge on any atom is 0.320 e. The van der Waals surface area contributed by atoms with Crippen LogP contribution in [0.5, 0.6) is 0 Å². The normalized spacial score (nSPS) is 25.3. The molecule has 2 aliphatic rings. The molecule has 0 aromatic heterocycles. The fraction of sp³-hybridized carbons (Fsp3) is 0.867. The second kappa shape index (κ2) is 7.64. The molecule has 1 unspecified atom stereocenters. The quantitative estimate of drug-likeness (QED) is 0.838. The topological polar surface area (TPSA) is 64.1 Å². The Morgan fingerprint density at radius 3 is 2.57 bits per heavy atom. The van der Waals surface area contributed by atoms with E-state index in [0.29, 0.717) is 19.1 Å². The summed E-state index contributed by atoms with van der Waals surface area (Å²) in [6, 6.07) is 0.458. The minimum absolute atomic E-state index is 0.0716. The minimum Gasteiger partial charge on any atom is -0.480 e. The smallest absolute Gasteiger partial charge is 0.320 e. The molecule has 21 heavy (non-hydrogen) atoms. The van der Waals surface area contributed by atoms with Gasteiger partial charge in [-0.2, -0.15) is 0 Å². The highest BCUT2D eigenvalue weighted by atomic mass is 16.4. The lowest BCUT2D eigenvalue weighted by Gasteiger charge is -2.33. The first-order chi connectivity index (χ1) is 10.1. The van der Waals surface area contributed by atoms with Gasteiger partial charge in [-0.1, -0.05) is 12.8 Å². The number of likely N-dealkylation sites (tertiary alicyclic amines) is 1. The first-order valence-corrected chi connectivity index (χ1v) is 8.07. The molecule has 0 aromatic carbocycles. The first-order valence-electron chi connectivity index (χ1n) is 8.07. The molecule has 6 heteroatoms. The molecule has 2 aliphatic heterocycles. The van der Waals surface area contributed by atoms with Crippen molar-refractivity contribution in [3.63, 3.8) is 0 Å². The van der Waals surface area contributed by atoms with Gasteiger partial charge in [0.05, 0.1) is 6.54 Å². The number of rotatable bonds is 2. The molecule has 2 heterocycles. The standard InChI is InChI=1S/C15H27N3O3/c1-13-6-3-2-4-9-18(13)15(21)17-8-5-7-16(10-11-17)12-14(19)20/h13H,2-12H2,1H3,(H,19,20). The molecule has 6 nitrogen and oxygen atoms in total. The van der Waals surface area contributed by atoms with E-state index in [-0.39, 0.29) is 12.6 Å². The van der Waals surface area contributed by atoms with Crippen LogP contribution in [0.3, 0.4) is 0 Å². The molecule has 1 N–H and O–H groups in total. The highest BCUT2D eigenvalue weighted by Gasteiger charge is 2.27. The molecule has 2 amide bonds. The first kappa shape index (κ1) is 16.1. The lowest BCUT2D eigenvalue weighted by Crippen LogP contribution is -2.48. The van der Waals surface area contributed by atoms with Crippen LogP contribution >= 0.6 is 0 Å². The van der Waals surface area contributed by atoms with Gasteiger partial charge in [0.1, 0.15) is 0 Å². The Kier molecular flexibility index (Phi) is 5.85. The number of hydrogen-bond acceptors (Lipinski definition) is 3. The molecule has 0 saturated carbocycles. The summed E-state index contributed by atoms with van der Waals surface area (Å²) >= 11 is 0. The van der Waals surface area contributed by atoms with Gasteiger partial charge in [-0.3, -0.25) is 9.69 Å². The van der Waals surface area contributed by atoms with Gasteiger partial charge in [0.25, 0.3) is 0 Å². The average molecular weight is 297 g/mol. The van der Waals surface area contributed by atoms with Crippen molar-refractivity contribution in [2.24, 2.45) is 0 Å². The maximum absolute atomic E-state index is 12.7. The number of aliphatic carboxylic acids is 1. The third-order valence-corrected chi connectivity index (χ3v) is 4.52. The second-order valence-corrected chi connectivity index (χ2v) is 6.18. The molecular formula is C15H27N3O3. The van der Waals surface area contributed by atoms with Crippen molar-refractivity contribution in [2.45, 2.75) is 45.1 Å². The van der Waals surface area contributed by atoms with Gasteiger partial charge in [-0.25, -0.2) is 4.79 Å². The average Bonchev–Trinajstić information content (AvgIpc) is 2.78. The van der Waals surface area contributed by atoms with Crippen molar-refractivity contribution in [1.29, 1.82) is 0 Å². The Morgan fingerprint density at radius 2 is 1.81 bits per heavy atom. The number of carboxylic acid groups (broad SMARTS) is 1. The van der Waals surface area contributed by atoms with Crippen molar-refractivity contribution in [2.75, 3.05) is 39.3 Å². The zero-order valence-electron chi connectivity index (χ0n) is 13.0. The molecule has 120 valence electrons. The summed E-state index contributed by atoms with van der Waals surface area (Å²) < 4.78 is 0. The fourth-order valence-corrected chi connectivity index (χ4v) is 3.25. The van der Waals surface area contributed by atoms with Crippen molar-refractivity contribution >= 4 is 12.0 Å². The largest absolute Gasteiger partial charge is 0.480 e. The van der Waals surface area contributed by atoms with Gasteiger partial charge in [-0.15, -0.1) is 0 Å². The van der Waals surface area contributed by atoms with Crippen LogP contribution < -0.4 is 0 Å². The second-order valence-electron chi connectivity index (χ2n) is 6.18. The summed E-state index contributed by atoms with van der Waals surface area (Å²) in [4.78, 5) is 29.3. The maximum atomic E-state index is 12.7. The number of urea groups is 1. The van der Waals surface area contributed by atoms with Crippen molar-refractivity contribution < 1.29 is 14.7 Å². The van der Waals surface area contributed by atoms with Gasteiger partial charge in [0.2, 0.25) is 0 Å². The summed E-state index contributed by atoms with van der Waals surface area (Å²) in [7, 11) is 0. The molecule has 2 saturated heterocycles. The number of carbonyl (C=O) groups is 2. The van der Waals surface area contributed by atoms with E-state index >= 15 is 0 Å². The molecule has 2 fully saturated rings. The summed E-state index contributed by atoms with van der Waals surface area (Å²) in [6.07, 6.45) is 5.44. The Morgan fingerprint density at radius 1 is 1.00 bits per heavy atom. The van der Waals surface area contributed by atoms with Gasteiger partial charge in [0, 0.05) is 38.8 Å². The Bertz CT molecular complexity index is 375. The third kappa shape index (κ3) is 4.59. The molecule has 0 spiro atoms. The van der Waals surface area contributed by atoms with E-state index in [9.17, 15) is 9.59 Å². The molecule has 2 rings (SSSR count). The predicted octanol–water partition coefficient (Wildman–Crippen LogP) is 1.46. The fourth-order valence-electron chi connectivity index (χ4n) is 3.25. The minimum atomic E-state index is -0.795. The number of nitrogens with zero attached hydrogens (tertiary/aromatic N) is 3. The zero-order valence-corrected chi connectivity index (χ0v) is 13.0. The van der Waals surface area contributed by atoms with E-state index in [1.807, 2.05) is 14.7 Å². The van der Waals surface area contributed by atoms with E-state index in [1.165, 1.54) is 12.8 Å². The number of carbonyl (C=O) groups excluding carboxylic acids is 1. The highest BCUT2D eigenvalue weighted by Crippen LogP contribution is 2.18. The van der Waals surface area contributed by atoms with Crippen LogP contribution in [0.2, 0.25) is 0 Å². The van der Waals surface area contributed by atoms with Crippen LogP contribution in [-0.2, 0) is 4.79 Å². The lowest BCUT2D eigenvalue weighted by atomic mass is 10.1. The summed E-state index contributed by atoms with van der Waals surface area (Å²) in [5.74, 6) is -0.795. The number of hydrogen-bond donors (Lipinski definition) is 1. The van der Waals surface area contributed by atoms with Crippen molar-refractivity contribution in [3.8, 4) is 0 Å². The Hall–Kier alpha value is -1.30. The monoisotopic (exact) mass is 297 g/mol. The van der Waals surface area contributed by atoms with Crippen LogP contribution in [0.1, 0.15) is 39.0 Å². The van der Waals surface area contributed by atoms with Gasteiger partial charge < -0.3 is 14.9 Å². The van der Waals surface area contributed by atoms with Crippen LogP contribution in [0.4, 0.5) is 4.79 Å². The SMILES string of the molecule is CC1CCCCCN1C(=O)N1CCCN(CC(=O)O)CC1. The van der Waals surface area contributed by atoms with E-state index in [1.54, 1.807) is 0 Å². The third-order valence-electron chi connectivity index (χ3n) is 4.52. The van der Waals surface area contributed by atoms with Crippen LogP contribution in [-0.4, -0.2) is 77.1 Å². The molecule has 1 atom stereocenters. The van der Waals surface area contributed by atoms with Gasteiger partial charge in [-0.05, 0) is 26.2 Å². The van der Waals surface area contributed by atoms with Crippen LogP contribution in [0.15, 0.2) is 0 Å². The van der Waals surface area contributed by atoms with E-state index in [2.05, 4.69) is 6.92 Å². The molecule has 0 bridgehead atoms. The number of amides is 2. The molecule has 0 radical (unpaired) electrons. The molecule has 0 aromatic rings.